The Morgan fingerprint density at radius 2 is 1.74 bits per heavy atom. The van der Waals surface area contributed by atoms with Crippen LogP contribution in [0.3, 0.4) is 0 Å². The molecule has 4 rings (SSSR count). The summed E-state index contributed by atoms with van der Waals surface area (Å²) in [5.41, 5.74) is 1.14. The van der Waals surface area contributed by atoms with Gasteiger partial charge in [0, 0.05) is 31.0 Å². The van der Waals surface area contributed by atoms with Gasteiger partial charge in [-0.25, -0.2) is 9.59 Å². The molecular weight excluding hydrogens is 492 g/mol. The number of ether oxygens (including phenoxy) is 2. The van der Waals surface area contributed by atoms with Gasteiger partial charge in [0.25, 0.3) is 0 Å². The average molecular weight is 533 g/mol. The number of rotatable bonds is 9. The van der Waals surface area contributed by atoms with Gasteiger partial charge < -0.3 is 19.7 Å². The number of carboxylic acid groups (broad SMARTS) is 2. The highest BCUT2D eigenvalue weighted by Gasteiger charge is 2.44. The van der Waals surface area contributed by atoms with Crippen molar-refractivity contribution in [3.63, 3.8) is 0 Å². The number of benzene rings is 1. The summed E-state index contributed by atoms with van der Waals surface area (Å²) in [5.74, 6) is -1.72. The SMILES string of the molecule is CCCN(CCCCN1C(=O)CC2(CCCC2)CC1=O)C1COc2cccc(OC)c2C1.O=C(O)C(=O)O. The highest BCUT2D eigenvalue weighted by atomic mass is 16.5. The van der Waals surface area contributed by atoms with Gasteiger partial charge in [-0.15, -0.1) is 0 Å². The van der Waals surface area contributed by atoms with Crippen LogP contribution in [0.15, 0.2) is 18.2 Å². The Bertz CT molecular complexity index is 958. The zero-order valence-electron chi connectivity index (χ0n) is 22.4. The van der Waals surface area contributed by atoms with E-state index in [1.54, 1.807) is 12.0 Å². The molecule has 1 saturated carbocycles. The topological polar surface area (TPSA) is 134 Å². The number of imide groups is 1. The number of fused-ring (bicyclic) bond motifs is 1. The van der Waals surface area contributed by atoms with Crippen molar-refractivity contribution in [3.05, 3.63) is 23.8 Å². The fourth-order valence-corrected chi connectivity index (χ4v) is 5.90. The van der Waals surface area contributed by atoms with Gasteiger partial charge in [-0.3, -0.25) is 19.4 Å². The van der Waals surface area contributed by atoms with E-state index in [1.165, 1.54) is 0 Å². The van der Waals surface area contributed by atoms with Gasteiger partial charge in [-0.2, -0.15) is 0 Å². The lowest BCUT2D eigenvalue weighted by Gasteiger charge is -2.37. The summed E-state index contributed by atoms with van der Waals surface area (Å²) in [6.07, 6.45) is 9.39. The predicted molar refractivity (Wildman–Crippen MR) is 139 cm³/mol. The summed E-state index contributed by atoms with van der Waals surface area (Å²) in [7, 11) is 1.71. The Hall–Kier alpha value is -3.14. The van der Waals surface area contributed by atoms with Crippen molar-refractivity contribution in [2.24, 2.45) is 5.41 Å². The van der Waals surface area contributed by atoms with Crippen molar-refractivity contribution in [2.45, 2.75) is 77.2 Å². The van der Waals surface area contributed by atoms with E-state index in [4.69, 9.17) is 29.3 Å². The number of piperidine rings is 1. The number of aliphatic carboxylic acids is 2. The van der Waals surface area contributed by atoms with Crippen LogP contribution in [0.4, 0.5) is 0 Å². The van der Waals surface area contributed by atoms with Crippen LogP contribution >= 0.6 is 0 Å². The average Bonchev–Trinajstić information content (AvgIpc) is 3.33. The molecule has 1 spiro atoms. The molecule has 1 aliphatic carbocycles. The van der Waals surface area contributed by atoms with E-state index in [2.05, 4.69) is 11.8 Å². The maximum Gasteiger partial charge on any atom is 0.414 e. The number of carbonyl (C=O) groups excluding carboxylic acids is 2. The smallest absolute Gasteiger partial charge is 0.414 e. The largest absolute Gasteiger partial charge is 0.496 e. The minimum absolute atomic E-state index is 0.0130. The molecule has 2 fully saturated rings. The number of hydrogen-bond acceptors (Lipinski definition) is 7. The van der Waals surface area contributed by atoms with Crippen LogP contribution in [0.5, 0.6) is 11.5 Å². The number of carboxylic acids is 2. The zero-order valence-corrected chi connectivity index (χ0v) is 22.4. The first-order chi connectivity index (χ1) is 18.2. The van der Waals surface area contributed by atoms with Gasteiger partial charge in [0.05, 0.1) is 7.11 Å². The Morgan fingerprint density at radius 1 is 1.08 bits per heavy atom. The van der Waals surface area contributed by atoms with E-state index >= 15 is 0 Å². The number of methoxy groups -OCH3 is 1. The van der Waals surface area contributed by atoms with Gasteiger partial charge in [-0.1, -0.05) is 25.8 Å². The summed E-state index contributed by atoms with van der Waals surface area (Å²) in [6.45, 7) is 5.42. The van der Waals surface area contributed by atoms with Crippen molar-refractivity contribution < 1.29 is 38.9 Å². The molecule has 1 saturated heterocycles. The summed E-state index contributed by atoms with van der Waals surface area (Å²) >= 11 is 0. The van der Waals surface area contributed by atoms with Crippen molar-refractivity contribution in [3.8, 4) is 11.5 Å². The van der Waals surface area contributed by atoms with E-state index in [-0.39, 0.29) is 17.2 Å². The van der Waals surface area contributed by atoms with Crippen LogP contribution in [-0.2, 0) is 25.6 Å². The lowest BCUT2D eigenvalue weighted by Crippen LogP contribution is -2.47. The Morgan fingerprint density at radius 3 is 2.32 bits per heavy atom. The molecule has 2 N–H and O–H groups in total. The third-order valence-electron chi connectivity index (χ3n) is 7.79. The Labute approximate surface area is 223 Å². The molecule has 0 aromatic heterocycles. The van der Waals surface area contributed by atoms with Crippen molar-refractivity contribution in [2.75, 3.05) is 33.4 Å². The highest BCUT2D eigenvalue weighted by Crippen LogP contribution is 2.46. The predicted octanol–water partition coefficient (Wildman–Crippen LogP) is 3.36. The van der Waals surface area contributed by atoms with Crippen molar-refractivity contribution in [1.82, 2.24) is 9.80 Å². The zero-order chi connectivity index (χ0) is 27.7. The van der Waals surface area contributed by atoms with Gasteiger partial charge in [0.1, 0.15) is 18.1 Å². The van der Waals surface area contributed by atoms with Gasteiger partial charge >= 0.3 is 11.9 Å². The van der Waals surface area contributed by atoms with Crippen LogP contribution < -0.4 is 9.47 Å². The van der Waals surface area contributed by atoms with Gasteiger partial charge in [0.15, 0.2) is 0 Å². The molecule has 2 aliphatic heterocycles. The summed E-state index contributed by atoms with van der Waals surface area (Å²) < 4.78 is 11.6. The lowest BCUT2D eigenvalue weighted by molar-refractivity contribution is -0.159. The lowest BCUT2D eigenvalue weighted by atomic mass is 9.76. The third kappa shape index (κ3) is 7.46. The van der Waals surface area contributed by atoms with E-state index < -0.39 is 11.9 Å². The monoisotopic (exact) mass is 532 g/mol. The van der Waals surface area contributed by atoms with Crippen molar-refractivity contribution in [1.29, 1.82) is 0 Å². The van der Waals surface area contributed by atoms with Gasteiger partial charge in [-0.05, 0) is 69.2 Å². The summed E-state index contributed by atoms with van der Waals surface area (Å²) in [5, 5.41) is 14.8. The van der Waals surface area contributed by atoms with E-state index in [0.29, 0.717) is 32.0 Å². The first-order valence-corrected chi connectivity index (χ1v) is 13.5. The van der Waals surface area contributed by atoms with Gasteiger partial charge in [0.2, 0.25) is 11.8 Å². The number of unbranched alkanes of at least 4 members (excludes halogenated alkanes) is 1. The molecule has 210 valence electrons. The number of amides is 2. The van der Waals surface area contributed by atoms with Crippen LogP contribution in [0.25, 0.3) is 0 Å². The standard InChI is InChI=1S/C26H38N2O4.C2H2O4/c1-3-13-27(20-16-21-22(31-2)9-8-10-23(21)32-19-20)14-6-7-15-28-24(29)17-26(18-25(28)30)11-4-5-12-26;3-1(4)2(5)6/h8-10,20H,3-7,11-19H2,1-2H3;(H,3,4)(H,5,6). The molecular formula is C28H40N2O8. The fourth-order valence-electron chi connectivity index (χ4n) is 5.90. The maximum atomic E-state index is 12.7. The van der Waals surface area contributed by atoms with E-state index in [9.17, 15) is 9.59 Å². The normalized spacial score (nSPS) is 20.0. The summed E-state index contributed by atoms with van der Waals surface area (Å²) in [4.78, 5) is 47.6. The second kappa shape index (κ2) is 13.6. The molecule has 1 aromatic rings. The second-order valence-electron chi connectivity index (χ2n) is 10.5. The molecule has 2 amide bonds. The molecule has 1 unspecified atom stereocenters. The van der Waals surface area contributed by atoms with E-state index in [0.717, 1.165) is 81.5 Å². The van der Waals surface area contributed by atoms with Crippen LogP contribution in [0.1, 0.15) is 70.3 Å². The van der Waals surface area contributed by atoms with Crippen LogP contribution in [-0.4, -0.2) is 83.2 Å². The van der Waals surface area contributed by atoms with E-state index in [1.807, 2.05) is 18.2 Å². The quantitative estimate of drug-likeness (QED) is 0.279. The second-order valence-corrected chi connectivity index (χ2v) is 10.5. The molecule has 3 aliphatic rings. The minimum Gasteiger partial charge on any atom is -0.496 e. The number of hydrogen-bond donors (Lipinski definition) is 2. The highest BCUT2D eigenvalue weighted by molar-refractivity contribution is 6.27. The molecule has 1 atom stereocenters. The van der Waals surface area contributed by atoms with Crippen molar-refractivity contribution >= 4 is 23.8 Å². The maximum absolute atomic E-state index is 12.7. The molecule has 2 heterocycles. The number of likely N-dealkylation sites (tertiary alicyclic amines) is 1. The third-order valence-corrected chi connectivity index (χ3v) is 7.79. The molecule has 10 heteroatoms. The molecule has 38 heavy (non-hydrogen) atoms. The number of nitrogens with zero attached hydrogens (tertiary/aromatic N) is 2. The summed E-state index contributed by atoms with van der Waals surface area (Å²) in [6, 6.07) is 6.30. The van der Waals surface area contributed by atoms with Crippen LogP contribution in [0.2, 0.25) is 0 Å². The fraction of sp³-hybridized carbons (Fsp3) is 0.643. The minimum atomic E-state index is -1.82. The molecule has 10 nitrogen and oxygen atoms in total. The van der Waals surface area contributed by atoms with Crippen LogP contribution in [0, 0.1) is 5.41 Å². The Balaban J connectivity index is 0.000000599. The molecule has 0 bridgehead atoms. The molecule has 0 radical (unpaired) electrons. The first kappa shape index (κ1) is 29.4. The molecule has 1 aromatic carbocycles. The first-order valence-electron chi connectivity index (χ1n) is 13.5. The Kier molecular flexibility index (Phi) is 10.5. The number of carbonyl (C=O) groups is 4.